The summed E-state index contributed by atoms with van der Waals surface area (Å²) in [5.74, 6) is 0.558. The highest BCUT2D eigenvalue weighted by Crippen LogP contribution is 2.08. The normalized spacial score (nSPS) is 16.3. The van der Waals surface area contributed by atoms with Gasteiger partial charge in [-0.25, -0.2) is 4.39 Å². The highest BCUT2D eigenvalue weighted by atomic mass is 127. The third kappa shape index (κ3) is 7.97. The minimum absolute atomic E-state index is 0. The predicted molar refractivity (Wildman–Crippen MR) is 105 cm³/mol. The topological polar surface area (TPSA) is 39.7 Å². The summed E-state index contributed by atoms with van der Waals surface area (Å²) in [7, 11) is 1.76. The molecule has 0 bridgehead atoms. The van der Waals surface area contributed by atoms with Gasteiger partial charge >= 0.3 is 0 Å². The molecule has 1 saturated heterocycles. The molecule has 1 aromatic carbocycles. The molecule has 0 radical (unpaired) electrons. The Morgan fingerprint density at radius 1 is 1.17 bits per heavy atom. The van der Waals surface area contributed by atoms with Crippen molar-refractivity contribution in [1.29, 1.82) is 0 Å². The van der Waals surface area contributed by atoms with Gasteiger partial charge in [-0.3, -0.25) is 4.99 Å². The van der Waals surface area contributed by atoms with Crippen molar-refractivity contribution in [3.8, 4) is 0 Å². The number of guanidine groups is 1. The predicted octanol–water partition coefficient (Wildman–Crippen LogP) is 2.98. The molecule has 1 aliphatic heterocycles. The molecule has 2 rings (SSSR count). The Balaban J connectivity index is 0.00000264. The third-order valence-electron chi connectivity index (χ3n) is 3.99. The van der Waals surface area contributed by atoms with Crippen molar-refractivity contribution in [3.05, 3.63) is 35.6 Å². The third-order valence-corrected chi connectivity index (χ3v) is 3.99. The first-order valence-electron chi connectivity index (χ1n) is 8.19. The molecule has 23 heavy (non-hydrogen) atoms. The summed E-state index contributed by atoms with van der Waals surface area (Å²) in [6.45, 7) is 4.90. The van der Waals surface area contributed by atoms with Crippen molar-refractivity contribution in [1.82, 2.24) is 15.5 Å². The highest BCUT2D eigenvalue weighted by molar-refractivity contribution is 14.0. The second-order valence-corrected chi connectivity index (χ2v) is 5.74. The second-order valence-electron chi connectivity index (χ2n) is 5.74. The molecule has 1 heterocycles. The zero-order valence-electron chi connectivity index (χ0n) is 13.9. The van der Waals surface area contributed by atoms with Crippen LogP contribution in [-0.4, -0.2) is 44.1 Å². The quantitative estimate of drug-likeness (QED) is 0.425. The first-order valence-corrected chi connectivity index (χ1v) is 8.19. The molecule has 1 aromatic rings. The summed E-state index contributed by atoms with van der Waals surface area (Å²) in [6, 6.07) is 6.62. The largest absolute Gasteiger partial charge is 0.355 e. The molecular weight excluding hydrogens is 406 g/mol. The van der Waals surface area contributed by atoms with E-state index in [9.17, 15) is 4.39 Å². The van der Waals surface area contributed by atoms with Gasteiger partial charge in [-0.05, 0) is 43.6 Å². The average Bonchev–Trinajstić information content (AvgIpc) is 2.79. The molecule has 0 aliphatic carbocycles. The maximum atomic E-state index is 13.1. The molecule has 130 valence electrons. The number of hydrogen-bond donors (Lipinski definition) is 2. The number of hydrogen-bond acceptors (Lipinski definition) is 2. The van der Waals surface area contributed by atoms with E-state index < -0.39 is 0 Å². The molecule has 4 nitrogen and oxygen atoms in total. The van der Waals surface area contributed by atoms with E-state index in [1.165, 1.54) is 50.9 Å². The average molecular weight is 434 g/mol. The monoisotopic (exact) mass is 434 g/mol. The summed E-state index contributed by atoms with van der Waals surface area (Å²) in [4.78, 5) is 6.72. The maximum Gasteiger partial charge on any atom is 0.191 e. The molecular formula is C17H28FIN4. The number of halogens is 2. The van der Waals surface area contributed by atoms with E-state index in [-0.39, 0.29) is 29.8 Å². The zero-order chi connectivity index (χ0) is 15.6. The Morgan fingerprint density at radius 3 is 2.57 bits per heavy atom. The summed E-state index contributed by atoms with van der Waals surface area (Å²) in [6.07, 6.45) is 5.35. The van der Waals surface area contributed by atoms with E-state index in [0.717, 1.165) is 24.6 Å². The minimum Gasteiger partial charge on any atom is -0.355 e. The zero-order valence-corrected chi connectivity index (χ0v) is 16.2. The van der Waals surface area contributed by atoms with Crippen molar-refractivity contribution in [2.45, 2.75) is 32.2 Å². The van der Waals surface area contributed by atoms with E-state index in [0.29, 0.717) is 6.54 Å². The van der Waals surface area contributed by atoms with Crippen LogP contribution in [0.3, 0.4) is 0 Å². The van der Waals surface area contributed by atoms with E-state index in [1.54, 1.807) is 13.1 Å². The smallest absolute Gasteiger partial charge is 0.191 e. The molecule has 0 saturated carbocycles. The van der Waals surface area contributed by atoms with Crippen molar-refractivity contribution in [2.24, 2.45) is 4.99 Å². The van der Waals surface area contributed by atoms with E-state index in [1.807, 2.05) is 6.07 Å². The number of rotatable bonds is 5. The van der Waals surface area contributed by atoms with Gasteiger partial charge in [0.2, 0.25) is 0 Å². The first kappa shape index (κ1) is 20.2. The van der Waals surface area contributed by atoms with Gasteiger partial charge < -0.3 is 15.5 Å². The second kappa shape index (κ2) is 11.6. The van der Waals surface area contributed by atoms with Crippen LogP contribution in [0.25, 0.3) is 0 Å². The Morgan fingerprint density at radius 2 is 1.91 bits per heavy atom. The summed E-state index contributed by atoms with van der Waals surface area (Å²) in [5.41, 5.74) is 0.912. The van der Waals surface area contributed by atoms with Gasteiger partial charge in [0.15, 0.2) is 5.96 Å². The van der Waals surface area contributed by atoms with Gasteiger partial charge in [-0.2, -0.15) is 0 Å². The van der Waals surface area contributed by atoms with Crippen LogP contribution in [0.2, 0.25) is 0 Å². The van der Waals surface area contributed by atoms with Crippen LogP contribution < -0.4 is 10.6 Å². The lowest BCUT2D eigenvalue weighted by Crippen LogP contribution is -2.41. The lowest BCUT2D eigenvalue weighted by atomic mass is 10.2. The van der Waals surface area contributed by atoms with Crippen LogP contribution in [0.5, 0.6) is 0 Å². The van der Waals surface area contributed by atoms with Gasteiger partial charge in [-0.15, -0.1) is 24.0 Å². The lowest BCUT2D eigenvalue weighted by molar-refractivity contribution is 0.289. The van der Waals surface area contributed by atoms with Crippen LogP contribution in [0.1, 0.15) is 31.2 Å². The molecule has 1 fully saturated rings. The molecule has 2 N–H and O–H groups in total. The maximum absolute atomic E-state index is 13.1. The number of likely N-dealkylation sites (tertiary alicyclic amines) is 1. The van der Waals surface area contributed by atoms with Crippen molar-refractivity contribution < 1.29 is 4.39 Å². The fourth-order valence-corrected chi connectivity index (χ4v) is 2.75. The van der Waals surface area contributed by atoms with Crippen molar-refractivity contribution in [2.75, 3.05) is 33.2 Å². The summed E-state index contributed by atoms with van der Waals surface area (Å²) >= 11 is 0. The molecule has 0 aromatic heterocycles. The first-order chi connectivity index (χ1) is 10.8. The van der Waals surface area contributed by atoms with Crippen LogP contribution >= 0.6 is 24.0 Å². The van der Waals surface area contributed by atoms with E-state index in [2.05, 4.69) is 20.5 Å². The Bertz CT molecular complexity index is 473. The van der Waals surface area contributed by atoms with Crippen LogP contribution in [0.15, 0.2) is 29.3 Å². The number of nitrogens with one attached hydrogen (secondary N) is 2. The van der Waals surface area contributed by atoms with Gasteiger partial charge in [0.1, 0.15) is 5.82 Å². The van der Waals surface area contributed by atoms with E-state index >= 15 is 0 Å². The van der Waals surface area contributed by atoms with Crippen LogP contribution in [0, 0.1) is 5.82 Å². The fourth-order valence-electron chi connectivity index (χ4n) is 2.75. The van der Waals surface area contributed by atoms with E-state index in [4.69, 9.17) is 0 Å². The van der Waals surface area contributed by atoms with Crippen LogP contribution in [0.4, 0.5) is 4.39 Å². The van der Waals surface area contributed by atoms with Crippen LogP contribution in [-0.2, 0) is 6.54 Å². The van der Waals surface area contributed by atoms with Gasteiger partial charge in [0.05, 0.1) is 0 Å². The molecule has 0 unspecified atom stereocenters. The number of nitrogens with zero attached hydrogens (tertiary/aromatic N) is 2. The Kier molecular flexibility index (Phi) is 10.2. The fraction of sp³-hybridized carbons (Fsp3) is 0.588. The minimum atomic E-state index is -0.205. The molecule has 0 atom stereocenters. The van der Waals surface area contributed by atoms with Gasteiger partial charge in [-0.1, -0.05) is 25.0 Å². The molecule has 0 amide bonds. The van der Waals surface area contributed by atoms with Gasteiger partial charge in [0.25, 0.3) is 0 Å². The Hall–Kier alpha value is -0.890. The number of aliphatic imine (C=N–C) groups is 1. The van der Waals surface area contributed by atoms with Crippen molar-refractivity contribution in [3.63, 3.8) is 0 Å². The molecule has 0 spiro atoms. The highest BCUT2D eigenvalue weighted by Gasteiger charge is 2.08. The molecule has 1 aliphatic rings. The summed E-state index contributed by atoms with van der Waals surface area (Å²) in [5, 5.41) is 6.54. The van der Waals surface area contributed by atoms with Crippen molar-refractivity contribution >= 4 is 29.9 Å². The number of benzene rings is 1. The molecule has 6 heteroatoms. The standard InChI is InChI=1S/C17H27FN4.HI/c1-19-17(21-14-15-7-6-8-16(18)13-15)20-9-12-22-10-4-2-3-5-11-22;/h6-8,13H,2-5,9-12,14H2,1H3,(H2,19,20,21);1H. The Labute approximate surface area is 156 Å². The lowest BCUT2D eigenvalue weighted by Gasteiger charge is -2.20. The SMILES string of the molecule is CN=C(NCCN1CCCCCC1)NCc1cccc(F)c1.I. The summed E-state index contributed by atoms with van der Waals surface area (Å²) < 4.78 is 13.1. The van der Waals surface area contributed by atoms with Gasteiger partial charge in [0, 0.05) is 26.7 Å².